The number of likely N-dealkylation sites (tertiary alicyclic amines) is 1. The Kier molecular flexibility index (Phi) is 3.78. The van der Waals surface area contributed by atoms with Crippen LogP contribution in [0.2, 0.25) is 0 Å². The molecule has 1 heteroatoms. The molecule has 0 bridgehead atoms. The minimum Gasteiger partial charge on any atom is -0.301 e. The highest BCUT2D eigenvalue weighted by Crippen LogP contribution is 2.46. The second kappa shape index (κ2) is 4.45. The molecular weight excluding hydrogens is 158 g/mol. The van der Waals surface area contributed by atoms with Crippen LogP contribution in [-0.4, -0.2) is 24.0 Å². The Morgan fingerprint density at radius 2 is 1.77 bits per heavy atom. The van der Waals surface area contributed by atoms with Crippen LogP contribution < -0.4 is 0 Å². The standard InChI is InChI=1S/C10H19N.C2H6/c1-9-7-10(8-9)5-3-4-6-11(10)2;1-2/h9H,3-8H2,1-2H3;1-2H3. The molecule has 1 saturated heterocycles. The van der Waals surface area contributed by atoms with E-state index in [-0.39, 0.29) is 0 Å². The molecule has 1 spiro atoms. The molecule has 1 nitrogen and oxygen atoms in total. The Hall–Kier alpha value is -0.0400. The number of hydrogen-bond donors (Lipinski definition) is 0. The predicted molar refractivity (Wildman–Crippen MR) is 59.0 cm³/mol. The van der Waals surface area contributed by atoms with E-state index in [0.717, 1.165) is 5.92 Å². The lowest BCUT2D eigenvalue weighted by Gasteiger charge is -2.55. The fourth-order valence-electron chi connectivity index (χ4n) is 2.98. The van der Waals surface area contributed by atoms with Gasteiger partial charge in [-0.05, 0) is 45.2 Å². The molecule has 0 N–H and O–H groups in total. The van der Waals surface area contributed by atoms with Gasteiger partial charge >= 0.3 is 0 Å². The van der Waals surface area contributed by atoms with Crippen molar-refractivity contribution in [1.29, 1.82) is 0 Å². The molecule has 78 valence electrons. The summed E-state index contributed by atoms with van der Waals surface area (Å²) in [4.78, 5) is 2.61. The smallest absolute Gasteiger partial charge is 0.0211 e. The van der Waals surface area contributed by atoms with E-state index < -0.39 is 0 Å². The van der Waals surface area contributed by atoms with Gasteiger partial charge in [-0.2, -0.15) is 0 Å². The molecule has 2 aliphatic rings. The van der Waals surface area contributed by atoms with Crippen molar-refractivity contribution in [2.75, 3.05) is 13.6 Å². The molecule has 0 aromatic carbocycles. The largest absolute Gasteiger partial charge is 0.301 e. The summed E-state index contributed by atoms with van der Waals surface area (Å²) in [6, 6.07) is 0. The maximum absolute atomic E-state index is 2.61. The van der Waals surface area contributed by atoms with Gasteiger partial charge in [0, 0.05) is 5.54 Å². The summed E-state index contributed by atoms with van der Waals surface area (Å²) < 4.78 is 0. The summed E-state index contributed by atoms with van der Waals surface area (Å²) in [5, 5.41) is 0. The monoisotopic (exact) mass is 183 g/mol. The van der Waals surface area contributed by atoms with Gasteiger partial charge in [-0.3, -0.25) is 0 Å². The zero-order valence-corrected chi connectivity index (χ0v) is 9.77. The van der Waals surface area contributed by atoms with Crippen LogP contribution in [0.5, 0.6) is 0 Å². The maximum Gasteiger partial charge on any atom is 0.0211 e. The van der Waals surface area contributed by atoms with E-state index in [1.54, 1.807) is 0 Å². The van der Waals surface area contributed by atoms with Crippen molar-refractivity contribution in [3.05, 3.63) is 0 Å². The van der Waals surface area contributed by atoms with Gasteiger partial charge in [0.05, 0.1) is 0 Å². The third kappa shape index (κ3) is 2.07. The van der Waals surface area contributed by atoms with E-state index in [1.807, 2.05) is 13.8 Å². The topological polar surface area (TPSA) is 3.24 Å². The molecule has 1 heterocycles. The first-order valence-electron chi connectivity index (χ1n) is 5.94. The highest BCUT2D eigenvalue weighted by molar-refractivity contribution is 5.01. The third-order valence-corrected chi connectivity index (χ3v) is 3.65. The Labute approximate surface area is 83.5 Å². The van der Waals surface area contributed by atoms with E-state index in [2.05, 4.69) is 18.9 Å². The van der Waals surface area contributed by atoms with Crippen LogP contribution in [0, 0.1) is 5.92 Å². The van der Waals surface area contributed by atoms with E-state index in [9.17, 15) is 0 Å². The second-order valence-electron chi connectivity index (χ2n) is 4.62. The number of nitrogens with zero attached hydrogens (tertiary/aromatic N) is 1. The SMILES string of the molecule is CC.CC1CC2(CCCCN2C)C1. The van der Waals surface area contributed by atoms with Crippen molar-refractivity contribution in [2.45, 2.75) is 58.4 Å². The summed E-state index contributed by atoms with van der Waals surface area (Å²) in [7, 11) is 2.31. The van der Waals surface area contributed by atoms with Crippen molar-refractivity contribution in [3.63, 3.8) is 0 Å². The van der Waals surface area contributed by atoms with Gasteiger partial charge in [0.2, 0.25) is 0 Å². The quantitative estimate of drug-likeness (QED) is 0.557. The predicted octanol–water partition coefficient (Wildman–Crippen LogP) is 3.30. The number of rotatable bonds is 0. The number of piperidine rings is 1. The van der Waals surface area contributed by atoms with Crippen LogP contribution >= 0.6 is 0 Å². The second-order valence-corrected chi connectivity index (χ2v) is 4.62. The first-order valence-corrected chi connectivity index (χ1v) is 5.94. The first kappa shape index (κ1) is 11.0. The van der Waals surface area contributed by atoms with Crippen LogP contribution in [0.3, 0.4) is 0 Å². The normalized spacial score (nSPS) is 39.2. The molecule has 0 amide bonds. The minimum atomic E-state index is 0.664. The van der Waals surface area contributed by atoms with Crippen molar-refractivity contribution in [3.8, 4) is 0 Å². The summed E-state index contributed by atoms with van der Waals surface area (Å²) in [5.41, 5.74) is 0.664. The van der Waals surface area contributed by atoms with E-state index in [1.165, 1.54) is 38.6 Å². The van der Waals surface area contributed by atoms with Gasteiger partial charge in [0.1, 0.15) is 0 Å². The van der Waals surface area contributed by atoms with Crippen molar-refractivity contribution < 1.29 is 0 Å². The van der Waals surface area contributed by atoms with Crippen molar-refractivity contribution in [1.82, 2.24) is 4.90 Å². The maximum atomic E-state index is 2.61. The molecule has 1 aliphatic heterocycles. The van der Waals surface area contributed by atoms with Gasteiger partial charge in [-0.15, -0.1) is 0 Å². The first-order chi connectivity index (χ1) is 6.23. The molecule has 2 rings (SSSR count). The molecule has 0 atom stereocenters. The van der Waals surface area contributed by atoms with Crippen LogP contribution in [0.1, 0.15) is 52.9 Å². The lowest BCUT2D eigenvalue weighted by molar-refractivity contribution is -0.0305. The highest BCUT2D eigenvalue weighted by Gasteiger charge is 2.45. The fourth-order valence-corrected chi connectivity index (χ4v) is 2.98. The third-order valence-electron chi connectivity index (χ3n) is 3.65. The zero-order valence-electron chi connectivity index (χ0n) is 9.77. The molecule has 0 unspecified atom stereocenters. The van der Waals surface area contributed by atoms with Gasteiger partial charge in [-0.25, -0.2) is 0 Å². The van der Waals surface area contributed by atoms with E-state index in [4.69, 9.17) is 0 Å². The van der Waals surface area contributed by atoms with Crippen LogP contribution in [-0.2, 0) is 0 Å². The Balaban J connectivity index is 0.000000396. The fraction of sp³-hybridized carbons (Fsp3) is 1.00. The molecule has 1 aliphatic carbocycles. The molecule has 0 aromatic rings. The van der Waals surface area contributed by atoms with Gasteiger partial charge in [0.15, 0.2) is 0 Å². The number of hydrogen-bond acceptors (Lipinski definition) is 1. The Bertz CT molecular complexity index is 142. The lowest BCUT2D eigenvalue weighted by atomic mass is 9.64. The van der Waals surface area contributed by atoms with Gasteiger partial charge in [0.25, 0.3) is 0 Å². The van der Waals surface area contributed by atoms with Gasteiger partial charge in [-0.1, -0.05) is 27.2 Å². The zero-order chi connectivity index (χ0) is 9.90. The average Bonchev–Trinajstić information content (AvgIpc) is 2.11. The lowest BCUT2D eigenvalue weighted by Crippen LogP contribution is -2.57. The van der Waals surface area contributed by atoms with E-state index in [0.29, 0.717) is 5.54 Å². The minimum absolute atomic E-state index is 0.664. The van der Waals surface area contributed by atoms with Crippen LogP contribution in [0.4, 0.5) is 0 Å². The van der Waals surface area contributed by atoms with Crippen molar-refractivity contribution >= 4 is 0 Å². The summed E-state index contributed by atoms with van der Waals surface area (Å²) in [5.74, 6) is 0.996. The molecule has 0 radical (unpaired) electrons. The molecule has 1 saturated carbocycles. The Morgan fingerprint density at radius 3 is 2.23 bits per heavy atom. The highest BCUT2D eigenvalue weighted by atomic mass is 15.2. The van der Waals surface area contributed by atoms with Crippen molar-refractivity contribution in [2.24, 2.45) is 5.92 Å². The summed E-state index contributed by atoms with van der Waals surface area (Å²) in [6.45, 7) is 7.72. The average molecular weight is 183 g/mol. The Morgan fingerprint density at radius 1 is 1.15 bits per heavy atom. The van der Waals surface area contributed by atoms with Gasteiger partial charge < -0.3 is 4.90 Å². The van der Waals surface area contributed by atoms with E-state index >= 15 is 0 Å². The van der Waals surface area contributed by atoms with Crippen LogP contribution in [0.15, 0.2) is 0 Å². The summed E-state index contributed by atoms with van der Waals surface area (Å²) >= 11 is 0. The van der Waals surface area contributed by atoms with Crippen LogP contribution in [0.25, 0.3) is 0 Å². The molecule has 13 heavy (non-hydrogen) atoms. The molecular formula is C12H25N. The summed E-state index contributed by atoms with van der Waals surface area (Å²) in [6.07, 6.45) is 7.28. The molecule has 2 fully saturated rings. The molecule has 0 aromatic heterocycles.